The average Bonchev–Trinajstić information content (AvgIpc) is 2.99. The lowest BCUT2D eigenvalue weighted by molar-refractivity contribution is -0.115. The number of thiazole rings is 1. The molecule has 0 aliphatic heterocycles. The third-order valence-electron chi connectivity index (χ3n) is 3.22. The second-order valence-corrected chi connectivity index (χ2v) is 7.04. The Kier molecular flexibility index (Phi) is 4.80. The molecule has 0 saturated heterocycles. The van der Waals surface area contributed by atoms with Crippen LogP contribution in [-0.2, 0) is 4.79 Å². The van der Waals surface area contributed by atoms with E-state index in [9.17, 15) is 4.79 Å². The molecule has 6 heteroatoms. The first-order valence-corrected chi connectivity index (χ1v) is 8.87. The van der Waals surface area contributed by atoms with Gasteiger partial charge in [0, 0.05) is 27.4 Å². The Balaban J connectivity index is 1.97. The predicted octanol–water partition coefficient (Wildman–Crippen LogP) is 5.91. The maximum atomic E-state index is 12.1. The molecule has 1 amide bonds. The molecule has 23 heavy (non-hydrogen) atoms. The molecule has 116 valence electrons. The fourth-order valence-corrected chi connectivity index (χ4v) is 3.42. The van der Waals surface area contributed by atoms with E-state index in [0.29, 0.717) is 10.2 Å². The van der Waals surface area contributed by atoms with Gasteiger partial charge in [-0.15, -0.1) is 11.3 Å². The van der Waals surface area contributed by atoms with E-state index in [1.54, 1.807) is 4.90 Å². The number of anilines is 2. The maximum absolute atomic E-state index is 12.1. The van der Waals surface area contributed by atoms with Crippen molar-refractivity contribution in [1.82, 2.24) is 4.98 Å². The number of hydrogen-bond donors (Lipinski definition) is 0. The van der Waals surface area contributed by atoms with Gasteiger partial charge in [-0.25, -0.2) is 4.98 Å². The van der Waals surface area contributed by atoms with Crippen LogP contribution in [0.2, 0.25) is 5.02 Å². The predicted molar refractivity (Wildman–Crippen MR) is 99.5 cm³/mol. The van der Waals surface area contributed by atoms with Gasteiger partial charge in [0.15, 0.2) is 5.13 Å². The molecule has 3 nitrogen and oxygen atoms in total. The van der Waals surface area contributed by atoms with Crippen molar-refractivity contribution in [3.8, 4) is 11.3 Å². The average molecular weight is 408 g/mol. The number of rotatable bonds is 3. The van der Waals surface area contributed by atoms with Crippen molar-refractivity contribution in [2.45, 2.75) is 6.92 Å². The van der Waals surface area contributed by atoms with Crippen molar-refractivity contribution in [1.29, 1.82) is 0 Å². The third-order valence-corrected chi connectivity index (χ3v) is 4.83. The molecule has 0 aliphatic rings. The molecule has 0 saturated carbocycles. The summed E-state index contributed by atoms with van der Waals surface area (Å²) >= 11 is 10.7. The van der Waals surface area contributed by atoms with E-state index in [4.69, 9.17) is 11.6 Å². The van der Waals surface area contributed by atoms with Gasteiger partial charge in [0.2, 0.25) is 5.91 Å². The molecule has 0 bridgehead atoms. The minimum Gasteiger partial charge on any atom is -0.274 e. The lowest BCUT2D eigenvalue weighted by Crippen LogP contribution is -2.22. The van der Waals surface area contributed by atoms with E-state index < -0.39 is 0 Å². The van der Waals surface area contributed by atoms with Crippen molar-refractivity contribution in [3.63, 3.8) is 0 Å². The number of benzene rings is 2. The number of amides is 1. The number of halogens is 2. The first kappa shape index (κ1) is 16.2. The van der Waals surface area contributed by atoms with Gasteiger partial charge in [-0.1, -0.05) is 39.7 Å². The number of hydrogen-bond acceptors (Lipinski definition) is 3. The first-order valence-electron chi connectivity index (χ1n) is 6.82. The fourth-order valence-electron chi connectivity index (χ4n) is 2.14. The molecule has 0 atom stereocenters. The molecular weight excluding hydrogens is 396 g/mol. The largest absolute Gasteiger partial charge is 0.274 e. The summed E-state index contributed by atoms with van der Waals surface area (Å²) in [5.41, 5.74) is 2.58. The molecule has 2 aromatic carbocycles. The lowest BCUT2D eigenvalue weighted by atomic mass is 10.2. The van der Waals surface area contributed by atoms with Gasteiger partial charge < -0.3 is 0 Å². The summed E-state index contributed by atoms with van der Waals surface area (Å²) in [5.74, 6) is -0.0793. The topological polar surface area (TPSA) is 33.2 Å². The third kappa shape index (κ3) is 3.63. The number of carbonyl (C=O) groups is 1. The molecule has 1 aromatic heterocycles. The summed E-state index contributed by atoms with van der Waals surface area (Å²) in [4.78, 5) is 18.3. The van der Waals surface area contributed by atoms with E-state index >= 15 is 0 Å². The first-order chi connectivity index (χ1) is 11.0. The molecule has 3 aromatic rings. The highest BCUT2D eigenvalue weighted by Gasteiger charge is 2.18. The zero-order valence-electron chi connectivity index (χ0n) is 12.2. The van der Waals surface area contributed by atoms with Crippen LogP contribution in [0.4, 0.5) is 10.8 Å². The van der Waals surface area contributed by atoms with Gasteiger partial charge in [0.25, 0.3) is 0 Å². The Labute approximate surface area is 151 Å². The smallest absolute Gasteiger partial charge is 0.230 e. The van der Waals surface area contributed by atoms with Crippen LogP contribution in [-0.4, -0.2) is 10.9 Å². The van der Waals surface area contributed by atoms with Crippen LogP contribution in [0.5, 0.6) is 0 Å². The van der Waals surface area contributed by atoms with Gasteiger partial charge in [-0.05, 0) is 36.4 Å². The van der Waals surface area contributed by atoms with Gasteiger partial charge in [0.1, 0.15) is 0 Å². The molecule has 1 heterocycles. The highest BCUT2D eigenvalue weighted by atomic mass is 79.9. The van der Waals surface area contributed by atoms with Crippen molar-refractivity contribution in [2.75, 3.05) is 4.90 Å². The Hall–Kier alpha value is -1.69. The van der Waals surface area contributed by atoms with Crippen LogP contribution >= 0.6 is 38.9 Å². The Morgan fingerprint density at radius 1 is 1.13 bits per heavy atom. The van der Waals surface area contributed by atoms with Gasteiger partial charge >= 0.3 is 0 Å². The SMILES string of the molecule is CC(=O)N(c1ccc(Br)cc1)c1nc(-c2ccc(Cl)cc2)cs1. The van der Waals surface area contributed by atoms with Crippen LogP contribution in [0, 0.1) is 0 Å². The zero-order valence-corrected chi connectivity index (χ0v) is 15.3. The molecule has 0 N–H and O–H groups in total. The van der Waals surface area contributed by atoms with E-state index in [1.165, 1.54) is 18.3 Å². The second kappa shape index (κ2) is 6.83. The molecule has 0 spiro atoms. The second-order valence-electron chi connectivity index (χ2n) is 4.85. The number of aromatic nitrogens is 1. The Morgan fingerprint density at radius 2 is 1.78 bits per heavy atom. The van der Waals surface area contributed by atoms with Gasteiger partial charge in [-0.3, -0.25) is 9.69 Å². The van der Waals surface area contributed by atoms with Crippen LogP contribution in [0.15, 0.2) is 58.4 Å². The van der Waals surface area contributed by atoms with E-state index in [2.05, 4.69) is 20.9 Å². The van der Waals surface area contributed by atoms with Crippen LogP contribution in [0.1, 0.15) is 6.92 Å². The minimum absolute atomic E-state index is 0.0793. The summed E-state index contributed by atoms with van der Waals surface area (Å²) in [6, 6.07) is 15.1. The normalized spacial score (nSPS) is 10.6. The lowest BCUT2D eigenvalue weighted by Gasteiger charge is -2.17. The standard InChI is InChI=1S/C17H12BrClN2OS/c1-11(22)21(15-8-4-13(18)5-9-15)17-20-16(10-23-17)12-2-6-14(19)7-3-12/h2-10H,1H3. The van der Waals surface area contributed by atoms with E-state index in [1.807, 2.05) is 53.9 Å². The minimum atomic E-state index is -0.0793. The quantitative estimate of drug-likeness (QED) is 0.540. The summed E-state index contributed by atoms with van der Waals surface area (Å²) in [6.07, 6.45) is 0. The molecule has 3 rings (SSSR count). The fraction of sp³-hybridized carbons (Fsp3) is 0.0588. The summed E-state index contributed by atoms with van der Waals surface area (Å²) in [7, 11) is 0. The van der Waals surface area contributed by atoms with Crippen molar-refractivity contribution in [3.05, 3.63) is 63.4 Å². The molecule has 0 radical (unpaired) electrons. The number of nitrogens with zero attached hydrogens (tertiary/aromatic N) is 2. The van der Waals surface area contributed by atoms with Crippen LogP contribution in [0.25, 0.3) is 11.3 Å². The monoisotopic (exact) mass is 406 g/mol. The Morgan fingerprint density at radius 3 is 2.39 bits per heavy atom. The summed E-state index contributed by atoms with van der Waals surface area (Å²) < 4.78 is 0.964. The Bertz CT molecular complexity index is 831. The summed E-state index contributed by atoms with van der Waals surface area (Å²) in [5, 5.41) is 3.27. The summed E-state index contributed by atoms with van der Waals surface area (Å²) in [6.45, 7) is 1.53. The van der Waals surface area contributed by atoms with Gasteiger partial charge in [0.05, 0.1) is 11.4 Å². The zero-order chi connectivity index (χ0) is 16.4. The van der Waals surface area contributed by atoms with E-state index in [0.717, 1.165) is 21.4 Å². The van der Waals surface area contributed by atoms with Crippen molar-refractivity contribution < 1.29 is 4.79 Å². The highest BCUT2D eigenvalue weighted by Crippen LogP contribution is 2.33. The molecule has 0 fully saturated rings. The molecular formula is C17H12BrClN2OS. The van der Waals surface area contributed by atoms with Gasteiger partial charge in [-0.2, -0.15) is 0 Å². The number of carbonyl (C=O) groups excluding carboxylic acids is 1. The molecule has 0 aliphatic carbocycles. The highest BCUT2D eigenvalue weighted by molar-refractivity contribution is 9.10. The van der Waals surface area contributed by atoms with Crippen molar-refractivity contribution >= 4 is 55.6 Å². The van der Waals surface area contributed by atoms with E-state index in [-0.39, 0.29) is 5.91 Å². The molecule has 0 unspecified atom stereocenters. The van der Waals surface area contributed by atoms with Crippen LogP contribution in [0.3, 0.4) is 0 Å². The maximum Gasteiger partial charge on any atom is 0.230 e. The van der Waals surface area contributed by atoms with Crippen molar-refractivity contribution in [2.24, 2.45) is 0 Å². The van der Waals surface area contributed by atoms with Crippen LogP contribution < -0.4 is 4.90 Å².